The van der Waals surface area contributed by atoms with Crippen molar-refractivity contribution in [2.45, 2.75) is 19.3 Å². The second kappa shape index (κ2) is 3.92. The summed E-state index contributed by atoms with van der Waals surface area (Å²) in [6.45, 7) is 0.911. The molecule has 3 nitrogen and oxygen atoms in total. The Bertz CT molecular complexity index is 351. The molecular weight excluding hydrogens is 194 g/mol. The maximum Gasteiger partial charge on any atom is 0.170 e. The van der Waals surface area contributed by atoms with E-state index in [1.807, 2.05) is 23.2 Å². The van der Waals surface area contributed by atoms with Gasteiger partial charge in [0.2, 0.25) is 0 Å². The van der Waals surface area contributed by atoms with Gasteiger partial charge in [0.1, 0.15) is 0 Å². The number of aromatic nitrogens is 1. The molecule has 0 saturated heterocycles. The van der Waals surface area contributed by atoms with E-state index in [-0.39, 0.29) is 0 Å². The van der Waals surface area contributed by atoms with Crippen molar-refractivity contribution >= 4 is 23.0 Å². The van der Waals surface area contributed by atoms with Crippen LogP contribution in [0, 0.1) is 0 Å². The minimum atomic E-state index is 0.446. The van der Waals surface area contributed by atoms with Crippen LogP contribution in [0.15, 0.2) is 18.3 Å². The standard InChI is InChI=1S/C10H13N3S/c11-10(14)13-7-2-1-4-8-9(13)5-3-6-12-8/h3,5-6H,1-2,4,7H2,(H2,11,14). The van der Waals surface area contributed by atoms with Gasteiger partial charge in [-0.3, -0.25) is 4.98 Å². The number of thiocarbonyl (C=S) groups is 1. The highest BCUT2D eigenvalue weighted by molar-refractivity contribution is 7.80. The summed E-state index contributed by atoms with van der Waals surface area (Å²) in [5.74, 6) is 0. The fourth-order valence-electron chi connectivity index (χ4n) is 1.78. The van der Waals surface area contributed by atoms with Crippen molar-refractivity contribution in [3.63, 3.8) is 0 Å². The molecule has 1 aromatic heterocycles. The molecule has 2 N–H and O–H groups in total. The normalized spacial score (nSPS) is 15.9. The lowest BCUT2D eigenvalue weighted by Crippen LogP contribution is -2.36. The highest BCUT2D eigenvalue weighted by atomic mass is 32.1. The third-order valence-electron chi connectivity index (χ3n) is 2.47. The number of rotatable bonds is 0. The summed E-state index contributed by atoms with van der Waals surface area (Å²) in [4.78, 5) is 6.33. The van der Waals surface area contributed by atoms with E-state index in [2.05, 4.69) is 4.98 Å². The van der Waals surface area contributed by atoms with Crippen LogP contribution < -0.4 is 10.6 Å². The van der Waals surface area contributed by atoms with Crippen molar-refractivity contribution < 1.29 is 0 Å². The second-order valence-electron chi connectivity index (χ2n) is 3.42. The van der Waals surface area contributed by atoms with Crippen molar-refractivity contribution in [1.82, 2.24) is 4.98 Å². The van der Waals surface area contributed by atoms with Gasteiger partial charge in [-0.05, 0) is 43.6 Å². The van der Waals surface area contributed by atoms with E-state index in [1.165, 1.54) is 0 Å². The van der Waals surface area contributed by atoms with E-state index in [0.717, 1.165) is 37.2 Å². The molecule has 0 saturated carbocycles. The van der Waals surface area contributed by atoms with Gasteiger partial charge in [0, 0.05) is 12.7 Å². The Morgan fingerprint density at radius 2 is 2.36 bits per heavy atom. The molecule has 0 amide bonds. The van der Waals surface area contributed by atoms with Crippen LogP contribution in [0.4, 0.5) is 5.69 Å². The molecule has 0 bridgehead atoms. The zero-order chi connectivity index (χ0) is 9.97. The fourth-order valence-corrected chi connectivity index (χ4v) is 1.97. The van der Waals surface area contributed by atoms with Crippen LogP contribution >= 0.6 is 12.2 Å². The molecule has 2 heterocycles. The van der Waals surface area contributed by atoms with E-state index in [1.54, 1.807) is 0 Å². The molecule has 0 aromatic carbocycles. The molecule has 74 valence electrons. The molecular formula is C10H13N3S. The number of aryl methyl sites for hydroxylation is 1. The molecule has 0 atom stereocenters. The maximum atomic E-state index is 5.68. The predicted molar refractivity (Wildman–Crippen MR) is 61.3 cm³/mol. The number of hydrogen-bond donors (Lipinski definition) is 1. The van der Waals surface area contributed by atoms with Gasteiger partial charge in [0.25, 0.3) is 0 Å². The Hall–Kier alpha value is -1.16. The Labute approximate surface area is 88.9 Å². The first-order chi connectivity index (χ1) is 6.79. The molecule has 2 rings (SSSR count). The first-order valence-corrected chi connectivity index (χ1v) is 5.21. The first-order valence-electron chi connectivity index (χ1n) is 4.80. The van der Waals surface area contributed by atoms with Crippen LogP contribution in [0.5, 0.6) is 0 Å². The molecule has 0 unspecified atom stereocenters. The van der Waals surface area contributed by atoms with Crippen LogP contribution in [0.3, 0.4) is 0 Å². The first kappa shape index (κ1) is 9.40. The molecule has 0 radical (unpaired) electrons. The van der Waals surface area contributed by atoms with Gasteiger partial charge in [0.15, 0.2) is 5.11 Å². The Balaban J connectivity index is 2.42. The SMILES string of the molecule is NC(=S)N1CCCCc2ncccc21. The Morgan fingerprint density at radius 3 is 3.14 bits per heavy atom. The lowest BCUT2D eigenvalue weighted by atomic mass is 10.2. The summed E-state index contributed by atoms with van der Waals surface area (Å²) in [7, 11) is 0. The molecule has 1 aromatic rings. The van der Waals surface area contributed by atoms with E-state index >= 15 is 0 Å². The van der Waals surface area contributed by atoms with Crippen molar-refractivity contribution in [2.24, 2.45) is 5.73 Å². The third-order valence-corrected chi connectivity index (χ3v) is 2.69. The van der Waals surface area contributed by atoms with E-state index in [9.17, 15) is 0 Å². The van der Waals surface area contributed by atoms with E-state index in [0.29, 0.717) is 5.11 Å². The monoisotopic (exact) mass is 207 g/mol. The molecule has 1 aliphatic heterocycles. The van der Waals surface area contributed by atoms with Gasteiger partial charge in [-0.25, -0.2) is 0 Å². The van der Waals surface area contributed by atoms with Gasteiger partial charge in [-0.15, -0.1) is 0 Å². The quantitative estimate of drug-likeness (QED) is 0.654. The summed E-state index contributed by atoms with van der Waals surface area (Å²) in [5, 5.41) is 0.446. The highest BCUT2D eigenvalue weighted by Crippen LogP contribution is 2.23. The van der Waals surface area contributed by atoms with Crippen molar-refractivity contribution in [3.05, 3.63) is 24.0 Å². The highest BCUT2D eigenvalue weighted by Gasteiger charge is 2.16. The third kappa shape index (κ3) is 1.70. The van der Waals surface area contributed by atoms with Gasteiger partial charge in [-0.2, -0.15) is 0 Å². The molecule has 0 aliphatic carbocycles. The summed E-state index contributed by atoms with van der Waals surface area (Å²) in [5.41, 5.74) is 7.87. The van der Waals surface area contributed by atoms with Crippen LogP contribution in [-0.4, -0.2) is 16.6 Å². The van der Waals surface area contributed by atoms with Gasteiger partial charge >= 0.3 is 0 Å². The Morgan fingerprint density at radius 1 is 1.50 bits per heavy atom. The number of pyridine rings is 1. The fraction of sp³-hybridized carbons (Fsp3) is 0.400. The molecule has 0 spiro atoms. The van der Waals surface area contributed by atoms with Crippen LogP contribution in [0.25, 0.3) is 0 Å². The number of nitrogens with zero attached hydrogens (tertiary/aromatic N) is 2. The van der Waals surface area contributed by atoms with Gasteiger partial charge < -0.3 is 10.6 Å². The summed E-state index contributed by atoms with van der Waals surface area (Å²) in [6.07, 6.45) is 5.12. The minimum Gasteiger partial charge on any atom is -0.376 e. The topological polar surface area (TPSA) is 42.1 Å². The smallest absolute Gasteiger partial charge is 0.170 e. The predicted octanol–water partition coefficient (Wildman–Crippen LogP) is 1.47. The van der Waals surface area contributed by atoms with E-state index in [4.69, 9.17) is 18.0 Å². The zero-order valence-electron chi connectivity index (χ0n) is 7.94. The van der Waals surface area contributed by atoms with Gasteiger partial charge in [0.05, 0.1) is 11.4 Å². The van der Waals surface area contributed by atoms with Crippen LogP contribution in [0.1, 0.15) is 18.5 Å². The molecule has 14 heavy (non-hydrogen) atoms. The van der Waals surface area contributed by atoms with Gasteiger partial charge in [-0.1, -0.05) is 0 Å². The summed E-state index contributed by atoms with van der Waals surface area (Å²) in [6, 6.07) is 3.96. The number of anilines is 1. The molecule has 1 aliphatic rings. The summed E-state index contributed by atoms with van der Waals surface area (Å²) < 4.78 is 0. The number of hydrogen-bond acceptors (Lipinski definition) is 2. The molecule has 4 heteroatoms. The summed E-state index contributed by atoms with van der Waals surface area (Å²) >= 11 is 5.03. The van der Waals surface area contributed by atoms with E-state index < -0.39 is 0 Å². The zero-order valence-corrected chi connectivity index (χ0v) is 8.76. The lowest BCUT2D eigenvalue weighted by Gasteiger charge is -2.21. The lowest BCUT2D eigenvalue weighted by molar-refractivity contribution is 0.759. The molecule has 0 fully saturated rings. The second-order valence-corrected chi connectivity index (χ2v) is 3.83. The van der Waals surface area contributed by atoms with Crippen LogP contribution in [-0.2, 0) is 6.42 Å². The number of fused-ring (bicyclic) bond motifs is 1. The minimum absolute atomic E-state index is 0.446. The Kier molecular flexibility index (Phi) is 2.63. The van der Waals surface area contributed by atoms with Crippen molar-refractivity contribution in [2.75, 3.05) is 11.4 Å². The van der Waals surface area contributed by atoms with Crippen molar-refractivity contribution in [3.8, 4) is 0 Å². The van der Waals surface area contributed by atoms with Crippen LogP contribution in [0.2, 0.25) is 0 Å². The maximum absolute atomic E-state index is 5.68. The number of nitrogens with two attached hydrogens (primary N) is 1. The average molecular weight is 207 g/mol. The van der Waals surface area contributed by atoms with Crippen molar-refractivity contribution in [1.29, 1.82) is 0 Å². The average Bonchev–Trinajstić information content (AvgIpc) is 2.39. The largest absolute Gasteiger partial charge is 0.376 e.